The Morgan fingerprint density at radius 3 is 2.13 bits per heavy atom. The molecule has 0 spiro atoms. The molecule has 3 aromatic rings. The molecule has 8 nitrogen and oxygen atoms in total. The van der Waals surface area contributed by atoms with Crippen LogP contribution in [0.4, 0.5) is 0 Å². The van der Waals surface area contributed by atoms with Gasteiger partial charge in [-0.05, 0) is 36.6 Å². The van der Waals surface area contributed by atoms with Gasteiger partial charge >= 0.3 is 0 Å². The summed E-state index contributed by atoms with van der Waals surface area (Å²) in [6, 6.07) is 6.99. The Balaban J connectivity index is 1.96. The molecule has 13 heteroatoms. The standard InChI is InChI=1S/C25H19Cl5N2O6/c1-11-13(9-31)24(34)32(7-6-12-4-5-15(36-2)16(8-12)37-3)25(35)17(11)14(33)10-38-23-21(29)19(27)18(26)20(28)22(23)30/h4-5,8,35H,6-7,10H2,1-3H3. The van der Waals surface area contributed by atoms with Gasteiger partial charge in [0.05, 0.1) is 34.9 Å². The van der Waals surface area contributed by atoms with E-state index in [9.17, 15) is 20.0 Å². The number of halogens is 5. The van der Waals surface area contributed by atoms with Gasteiger partial charge in [0.15, 0.2) is 23.9 Å². The van der Waals surface area contributed by atoms with E-state index in [0.29, 0.717) is 11.5 Å². The number of aryl methyl sites for hydroxylation is 1. The lowest BCUT2D eigenvalue weighted by Crippen LogP contribution is -2.28. The number of rotatable bonds is 9. The molecule has 0 amide bonds. The van der Waals surface area contributed by atoms with Crippen molar-refractivity contribution in [2.24, 2.45) is 0 Å². The fourth-order valence-corrected chi connectivity index (χ4v) is 4.92. The zero-order valence-corrected chi connectivity index (χ0v) is 23.9. The molecule has 0 radical (unpaired) electrons. The molecule has 1 N–H and O–H groups in total. The summed E-state index contributed by atoms with van der Waals surface area (Å²) in [5.41, 5.74) is -0.567. The predicted molar refractivity (Wildman–Crippen MR) is 146 cm³/mol. The number of aromatic hydroxyl groups is 1. The van der Waals surface area contributed by atoms with Gasteiger partial charge in [-0.3, -0.25) is 14.2 Å². The second-order valence-corrected chi connectivity index (χ2v) is 9.71. The Kier molecular flexibility index (Phi) is 9.69. The number of hydrogen-bond acceptors (Lipinski definition) is 7. The summed E-state index contributed by atoms with van der Waals surface area (Å²) in [5, 5.41) is 19.9. The van der Waals surface area contributed by atoms with Crippen molar-refractivity contribution in [3.8, 4) is 29.2 Å². The maximum atomic E-state index is 13.2. The van der Waals surface area contributed by atoms with E-state index in [1.807, 2.05) is 0 Å². The van der Waals surface area contributed by atoms with Gasteiger partial charge in [-0.2, -0.15) is 5.26 Å². The van der Waals surface area contributed by atoms with E-state index in [2.05, 4.69) is 0 Å². The van der Waals surface area contributed by atoms with Crippen molar-refractivity contribution in [1.29, 1.82) is 5.26 Å². The molecule has 0 fully saturated rings. The lowest BCUT2D eigenvalue weighted by atomic mass is 10.0. The van der Waals surface area contributed by atoms with E-state index >= 15 is 0 Å². The van der Waals surface area contributed by atoms with Gasteiger partial charge in [-0.1, -0.05) is 64.1 Å². The Morgan fingerprint density at radius 2 is 1.58 bits per heavy atom. The number of carbonyl (C=O) groups excluding carboxylic acids is 1. The van der Waals surface area contributed by atoms with E-state index < -0.39 is 23.8 Å². The van der Waals surface area contributed by atoms with Gasteiger partial charge in [0.25, 0.3) is 5.56 Å². The first-order valence-electron chi connectivity index (χ1n) is 10.7. The third kappa shape index (κ3) is 5.63. The van der Waals surface area contributed by atoms with Crippen molar-refractivity contribution in [1.82, 2.24) is 4.57 Å². The zero-order valence-electron chi connectivity index (χ0n) is 20.1. The van der Waals surface area contributed by atoms with Crippen molar-refractivity contribution in [2.45, 2.75) is 19.9 Å². The number of pyridine rings is 1. The van der Waals surface area contributed by atoms with E-state index in [1.165, 1.54) is 21.1 Å². The van der Waals surface area contributed by atoms with Crippen LogP contribution in [0.3, 0.4) is 0 Å². The van der Waals surface area contributed by atoms with Crippen LogP contribution in [0.15, 0.2) is 23.0 Å². The number of ketones is 1. The molecule has 1 heterocycles. The molecule has 2 aromatic carbocycles. The minimum absolute atomic E-state index is 0.00432. The number of methoxy groups -OCH3 is 2. The summed E-state index contributed by atoms with van der Waals surface area (Å²) < 4.78 is 16.9. The normalized spacial score (nSPS) is 10.7. The van der Waals surface area contributed by atoms with Crippen molar-refractivity contribution in [2.75, 3.05) is 20.8 Å². The number of hydrogen-bond donors (Lipinski definition) is 1. The SMILES string of the molecule is COc1ccc(CCn2c(O)c(C(=O)COc3c(Cl)c(Cl)c(Cl)c(Cl)c3Cl)c(C)c(C#N)c2=O)cc1OC. The number of ether oxygens (including phenoxy) is 3. The maximum absolute atomic E-state index is 13.2. The quantitative estimate of drug-likeness (QED) is 0.165. The summed E-state index contributed by atoms with van der Waals surface area (Å²) in [5.74, 6) is -0.568. The highest BCUT2D eigenvalue weighted by atomic mass is 35.5. The molecule has 0 saturated carbocycles. The highest BCUT2D eigenvalue weighted by Gasteiger charge is 2.26. The van der Waals surface area contributed by atoms with Crippen LogP contribution < -0.4 is 19.8 Å². The molecule has 0 saturated heterocycles. The Morgan fingerprint density at radius 1 is 1.00 bits per heavy atom. The Labute approximate surface area is 242 Å². The first kappa shape index (κ1) is 29.8. The lowest BCUT2D eigenvalue weighted by molar-refractivity contribution is 0.0916. The molecule has 0 atom stereocenters. The number of Topliss-reactive ketones (excluding diaryl/α,β-unsaturated/α-hetero) is 1. The number of carbonyl (C=O) groups is 1. The largest absolute Gasteiger partial charge is 0.494 e. The van der Waals surface area contributed by atoms with Crippen LogP contribution >= 0.6 is 58.0 Å². The molecule has 0 aliphatic carbocycles. The molecule has 0 unspecified atom stereocenters. The van der Waals surface area contributed by atoms with Crippen LogP contribution in [0.2, 0.25) is 25.1 Å². The van der Waals surface area contributed by atoms with Crippen LogP contribution in [0.1, 0.15) is 27.0 Å². The molecule has 1 aromatic heterocycles. The minimum Gasteiger partial charge on any atom is -0.494 e. The summed E-state index contributed by atoms with van der Waals surface area (Å²) in [4.78, 5) is 26.1. The van der Waals surface area contributed by atoms with E-state index in [1.54, 1.807) is 24.3 Å². The second kappa shape index (κ2) is 12.4. The monoisotopic (exact) mass is 618 g/mol. The van der Waals surface area contributed by atoms with Crippen molar-refractivity contribution in [3.63, 3.8) is 0 Å². The second-order valence-electron chi connectivity index (χ2n) is 7.82. The topological polar surface area (TPSA) is 111 Å². The summed E-state index contributed by atoms with van der Waals surface area (Å²) in [7, 11) is 2.99. The molecule has 200 valence electrons. The lowest BCUT2D eigenvalue weighted by Gasteiger charge is -2.17. The molecule has 3 rings (SSSR count). The first-order chi connectivity index (χ1) is 18.0. The van der Waals surface area contributed by atoms with Gasteiger partial charge in [0, 0.05) is 6.54 Å². The summed E-state index contributed by atoms with van der Waals surface area (Å²) >= 11 is 30.4. The molecule has 0 bridgehead atoms. The fourth-order valence-electron chi connectivity index (χ4n) is 3.69. The number of benzene rings is 2. The molecule has 0 aliphatic heterocycles. The zero-order chi connectivity index (χ0) is 28.3. The van der Waals surface area contributed by atoms with Gasteiger partial charge in [-0.25, -0.2) is 0 Å². The first-order valence-corrected chi connectivity index (χ1v) is 12.6. The average Bonchev–Trinajstić information content (AvgIpc) is 2.90. The van der Waals surface area contributed by atoms with Crippen molar-refractivity contribution in [3.05, 3.63) is 75.9 Å². The van der Waals surface area contributed by atoms with Gasteiger partial charge in [0.2, 0.25) is 11.7 Å². The van der Waals surface area contributed by atoms with Crippen molar-refractivity contribution < 1.29 is 24.1 Å². The third-order valence-corrected chi connectivity index (χ3v) is 7.91. The number of nitrogens with zero attached hydrogens (tertiary/aromatic N) is 2. The van der Waals surface area contributed by atoms with E-state index in [0.717, 1.165) is 10.1 Å². The van der Waals surface area contributed by atoms with Crippen molar-refractivity contribution >= 4 is 63.8 Å². The predicted octanol–water partition coefficient (Wildman–Crippen LogP) is 6.52. The Bertz CT molecular complexity index is 1500. The average molecular weight is 621 g/mol. The van der Waals surface area contributed by atoms with Crippen LogP contribution in [0.25, 0.3) is 0 Å². The molecule has 38 heavy (non-hydrogen) atoms. The van der Waals surface area contributed by atoms with E-state index in [4.69, 9.17) is 72.2 Å². The van der Waals surface area contributed by atoms with Gasteiger partial charge in [0.1, 0.15) is 21.7 Å². The van der Waals surface area contributed by atoms with Gasteiger partial charge < -0.3 is 19.3 Å². The molecule has 0 aliphatic rings. The number of aromatic nitrogens is 1. The highest BCUT2D eigenvalue weighted by Crippen LogP contribution is 2.48. The fraction of sp³-hybridized carbons (Fsp3) is 0.240. The summed E-state index contributed by atoms with van der Waals surface area (Å²) in [6.45, 7) is 0.652. The van der Waals surface area contributed by atoms with Crippen LogP contribution in [0.5, 0.6) is 23.1 Å². The molecular formula is C25H19Cl5N2O6. The molecular weight excluding hydrogens is 602 g/mol. The third-order valence-electron chi connectivity index (χ3n) is 5.67. The van der Waals surface area contributed by atoms with E-state index in [-0.39, 0.29) is 60.5 Å². The van der Waals surface area contributed by atoms with Crippen LogP contribution in [-0.2, 0) is 13.0 Å². The highest BCUT2D eigenvalue weighted by molar-refractivity contribution is 6.55. The van der Waals surface area contributed by atoms with Crippen LogP contribution in [0, 0.1) is 18.3 Å². The minimum atomic E-state index is -0.759. The number of nitriles is 1. The Hall–Kier alpha value is -2.80. The summed E-state index contributed by atoms with van der Waals surface area (Å²) in [6.07, 6.45) is 0.263. The smallest absolute Gasteiger partial charge is 0.271 e. The van der Waals surface area contributed by atoms with Gasteiger partial charge in [-0.15, -0.1) is 0 Å². The maximum Gasteiger partial charge on any atom is 0.271 e. The van der Waals surface area contributed by atoms with Crippen LogP contribution in [-0.4, -0.2) is 36.3 Å².